The predicted octanol–water partition coefficient (Wildman–Crippen LogP) is 5.75. The van der Waals surface area contributed by atoms with Crippen LogP contribution in [0.4, 0.5) is 5.69 Å². The second-order valence-corrected chi connectivity index (χ2v) is 12.9. The zero-order valence-corrected chi connectivity index (χ0v) is 25.2. The molecule has 0 radical (unpaired) electrons. The van der Waals surface area contributed by atoms with Gasteiger partial charge < -0.3 is 25.0 Å². The van der Waals surface area contributed by atoms with Crippen molar-refractivity contribution in [2.75, 3.05) is 11.1 Å². The van der Waals surface area contributed by atoms with Crippen molar-refractivity contribution >= 4 is 58.2 Å². The van der Waals surface area contributed by atoms with Gasteiger partial charge in [-0.05, 0) is 58.0 Å². The molecule has 0 aliphatic carbocycles. The average Bonchev–Trinajstić information content (AvgIpc) is 3.45. The highest BCUT2D eigenvalue weighted by molar-refractivity contribution is 7.99. The van der Waals surface area contributed by atoms with Gasteiger partial charge in [-0.15, -0.1) is 5.10 Å². The maximum Gasteiger partial charge on any atom is 0.276 e. The molecule has 5 rings (SSSR count). The molecule has 1 saturated heterocycles. The molecule has 1 amide bonds. The number of halogens is 3. The molecule has 42 heavy (non-hydrogen) atoms. The maximum absolute atomic E-state index is 12.2. The highest BCUT2D eigenvalue weighted by Gasteiger charge is 2.39. The molecule has 1 fully saturated rings. The minimum absolute atomic E-state index is 0.0607. The monoisotopic (exact) mass is 649 g/mol. The number of carbonyl (C=O) groups is 1. The number of alkyl halides is 3. The molecule has 14 heteroatoms. The Morgan fingerprint density at radius 3 is 2.48 bits per heavy atom. The number of carbonyl (C=O) groups excluding carboxylic acids is 1. The Hall–Kier alpha value is -2.90. The van der Waals surface area contributed by atoms with Crippen LogP contribution in [0.3, 0.4) is 0 Å². The first kappa shape index (κ1) is 30.6. The first-order chi connectivity index (χ1) is 20.1. The summed E-state index contributed by atoms with van der Waals surface area (Å²) >= 11 is 18.6. The molecule has 4 aromatic rings. The van der Waals surface area contributed by atoms with E-state index in [4.69, 9.17) is 44.3 Å². The quantitative estimate of drug-likeness (QED) is 0.161. The van der Waals surface area contributed by atoms with Gasteiger partial charge in [0, 0.05) is 22.9 Å². The number of thioether (sulfide) groups is 1. The van der Waals surface area contributed by atoms with Gasteiger partial charge in [-0.3, -0.25) is 4.79 Å². The second kappa shape index (κ2) is 13.2. The molecule has 3 aromatic carbocycles. The molecule has 10 nitrogen and oxygen atoms in total. The number of aromatic hydroxyl groups is 1. The normalized spacial score (nSPS) is 20.8. The smallest absolute Gasteiger partial charge is 0.276 e. The largest absolute Gasteiger partial charge is 0.508 e. The number of tetrazole rings is 1. The van der Waals surface area contributed by atoms with Crippen molar-refractivity contribution in [1.82, 2.24) is 20.2 Å². The van der Waals surface area contributed by atoms with E-state index in [9.17, 15) is 15.0 Å². The van der Waals surface area contributed by atoms with E-state index < -0.39 is 16.0 Å². The number of phenols is 1. The van der Waals surface area contributed by atoms with E-state index in [1.807, 2.05) is 37.3 Å². The fourth-order valence-electron chi connectivity index (χ4n) is 4.46. The number of anilines is 1. The third-order valence-corrected chi connectivity index (χ3v) is 8.23. The number of hydrogen-bond donors (Lipinski definition) is 3. The number of aromatic nitrogens is 4. The van der Waals surface area contributed by atoms with Gasteiger partial charge in [0.25, 0.3) is 9.70 Å². The number of aliphatic hydroxyl groups excluding tert-OH is 1. The number of hydrogen-bond acceptors (Lipinski definition) is 9. The molecule has 2 heterocycles. The molecule has 4 atom stereocenters. The van der Waals surface area contributed by atoms with Gasteiger partial charge in [-0.25, -0.2) is 0 Å². The van der Waals surface area contributed by atoms with Gasteiger partial charge in [-0.2, -0.15) is 4.68 Å². The van der Waals surface area contributed by atoms with Crippen LogP contribution < -0.4 is 5.32 Å². The Kier molecular flexibility index (Phi) is 9.58. The Bertz CT molecular complexity index is 1520. The van der Waals surface area contributed by atoms with E-state index in [0.717, 1.165) is 11.1 Å². The summed E-state index contributed by atoms with van der Waals surface area (Å²) in [6.45, 7) is 1.99. The van der Waals surface area contributed by atoms with E-state index in [0.29, 0.717) is 27.8 Å². The molecular formula is C28H26Cl3N5O5S. The van der Waals surface area contributed by atoms with Gasteiger partial charge >= 0.3 is 0 Å². The highest BCUT2D eigenvalue weighted by atomic mass is 35.6. The lowest BCUT2D eigenvalue weighted by molar-refractivity contribution is -0.268. The minimum atomic E-state index is -2.12. The molecule has 1 aliphatic rings. The van der Waals surface area contributed by atoms with Gasteiger partial charge in [0.15, 0.2) is 6.29 Å². The van der Waals surface area contributed by atoms with Crippen LogP contribution >= 0.6 is 46.6 Å². The standard InChI is InChI=1S/C28H26Cl3N5O5S/c1-16-23(15-42-27-33-34-35-36(27)21-9-11-22(38)12-10-21)40-25(41-24(16)18-7-5-17(14-37)6-8-18)19-3-2-4-20(13-19)32-26(39)28(29,30)31/h2-13,16,23-25,37-38H,14-15H2,1H3,(H,32,39)/t16-,23+,24+,25+/m0/s1. The molecule has 1 aliphatic heterocycles. The second-order valence-electron chi connectivity index (χ2n) is 9.60. The van der Waals surface area contributed by atoms with E-state index in [-0.39, 0.29) is 30.5 Å². The number of rotatable bonds is 8. The van der Waals surface area contributed by atoms with Crippen LogP contribution in [0.5, 0.6) is 5.75 Å². The molecule has 0 spiro atoms. The SMILES string of the molecule is C[C@H]1[C@@H](CSc2nnnn2-c2ccc(O)cc2)O[C@@H](c2cccc(NC(=O)C(Cl)(Cl)Cl)c2)O[C@H]1c1ccc(CO)cc1. The van der Waals surface area contributed by atoms with Gasteiger partial charge in [0.1, 0.15) is 5.75 Å². The van der Waals surface area contributed by atoms with Crippen LogP contribution in [0, 0.1) is 5.92 Å². The number of nitrogens with one attached hydrogen (secondary N) is 1. The molecule has 0 saturated carbocycles. The maximum atomic E-state index is 12.2. The van der Waals surface area contributed by atoms with Crippen molar-refractivity contribution in [2.45, 2.75) is 41.0 Å². The Balaban J connectivity index is 1.40. The Morgan fingerprint density at radius 2 is 1.79 bits per heavy atom. The van der Waals surface area contributed by atoms with Crippen molar-refractivity contribution in [3.8, 4) is 11.4 Å². The van der Waals surface area contributed by atoms with E-state index in [2.05, 4.69) is 20.8 Å². The van der Waals surface area contributed by atoms with Crippen molar-refractivity contribution in [3.63, 3.8) is 0 Å². The van der Waals surface area contributed by atoms with Crippen LogP contribution in [0.25, 0.3) is 5.69 Å². The third-order valence-electron chi connectivity index (χ3n) is 6.71. The molecule has 0 bridgehead atoms. The number of phenolic OH excluding ortho intramolecular Hbond substituents is 1. The van der Waals surface area contributed by atoms with Crippen molar-refractivity contribution in [1.29, 1.82) is 0 Å². The molecule has 220 valence electrons. The highest BCUT2D eigenvalue weighted by Crippen LogP contribution is 2.43. The van der Waals surface area contributed by atoms with Crippen molar-refractivity contribution in [2.24, 2.45) is 5.92 Å². The van der Waals surface area contributed by atoms with Crippen LogP contribution in [0.2, 0.25) is 0 Å². The summed E-state index contributed by atoms with van der Waals surface area (Å²) in [4.78, 5) is 12.2. The van der Waals surface area contributed by atoms with Crippen molar-refractivity contribution < 1.29 is 24.5 Å². The predicted molar refractivity (Wildman–Crippen MR) is 160 cm³/mol. The Morgan fingerprint density at radius 1 is 1.05 bits per heavy atom. The Labute approximate surface area is 260 Å². The van der Waals surface area contributed by atoms with E-state index in [1.54, 1.807) is 47.1 Å². The number of nitrogens with zero attached hydrogens (tertiary/aromatic N) is 4. The van der Waals surface area contributed by atoms with Crippen LogP contribution in [0.1, 0.15) is 36.0 Å². The fraction of sp³-hybridized carbons (Fsp3) is 0.286. The summed E-state index contributed by atoms with van der Waals surface area (Å²) in [6, 6.07) is 21.1. The summed E-state index contributed by atoms with van der Waals surface area (Å²) < 4.78 is 12.4. The number of amides is 1. The van der Waals surface area contributed by atoms with E-state index >= 15 is 0 Å². The zero-order chi connectivity index (χ0) is 29.9. The lowest BCUT2D eigenvalue weighted by Gasteiger charge is -2.41. The minimum Gasteiger partial charge on any atom is -0.508 e. The fourth-order valence-corrected chi connectivity index (χ4v) is 5.65. The van der Waals surface area contributed by atoms with E-state index in [1.165, 1.54) is 11.8 Å². The summed E-state index contributed by atoms with van der Waals surface area (Å²) in [6.07, 6.45) is -1.44. The van der Waals surface area contributed by atoms with Gasteiger partial charge in [0.05, 0.1) is 24.5 Å². The molecule has 1 aromatic heterocycles. The van der Waals surface area contributed by atoms with Crippen LogP contribution in [0.15, 0.2) is 78.0 Å². The lowest BCUT2D eigenvalue weighted by atomic mass is 9.91. The average molecular weight is 651 g/mol. The van der Waals surface area contributed by atoms with Gasteiger partial charge in [0.2, 0.25) is 5.16 Å². The van der Waals surface area contributed by atoms with Gasteiger partial charge in [-0.1, -0.05) is 89.9 Å². The number of aliphatic hydroxyl groups is 1. The summed E-state index contributed by atoms with van der Waals surface area (Å²) in [7, 11) is 0. The third kappa shape index (κ3) is 7.17. The topological polar surface area (TPSA) is 132 Å². The molecule has 3 N–H and O–H groups in total. The molecular weight excluding hydrogens is 625 g/mol. The first-order valence-corrected chi connectivity index (χ1v) is 14.9. The number of benzene rings is 3. The zero-order valence-electron chi connectivity index (χ0n) is 22.1. The van der Waals surface area contributed by atoms with Crippen LogP contribution in [-0.2, 0) is 20.9 Å². The summed E-state index contributed by atoms with van der Waals surface area (Å²) in [5.74, 6) is -0.232. The lowest BCUT2D eigenvalue weighted by Crippen LogP contribution is -2.38. The van der Waals surface area contributed by atoms with Crippen LogP contribution in [-0.4, -0.2) is 52.0 Å². The van der Waals surface area contributed by atoms with Crippen molar-refractivity contribution in [3.05, 3.63) is 89.5 Å². The molecule has 0 unspecified atom stereocenters. The number of ether oxygens (including phenoxy) is 2. The summed E-state index contributed by atoms with van der Waals surface area (Å²) in [5.41, 5.74) is 3.50. The first-order valence-electron chi connectivity index (χ1n) is 12.8. The summed E-state index contributed by atoms with van der Waals surface area (Å²) in [5, 5.41) is 34.4.